The average Bonchev–Trinajstić information content (AvgIpc) is 2.97. The monoisotopic (exact) mass is 651 g/mol. The quantitative estimate of drug-likeness (QED) is 0.140. The molecule has 2 unspecified atom stereocenters. The molecule has 3 aromatic carbocycles. The third-order valence-electron chi connectivity index (χ3n) is 6.20. The number of hydrogen-bond acceptors (Lipinski definition) is 9. The van der Waals surface area contributed by atoms with Crippen LogP contribution in [0.3, 0.4) is 0 Å². The van der Waals surface area contributed by atoms with Crippen LogP contribution in [0.1, 0.15) is 11.1 Å². The van der Waals surface area contributed by atoms with E-state index in [4.69, 9.17) is 14.6 Å². The first kappa shape index (κ1) is 33.2. The molecule has 4 rings (SSSR count). The Balaban J connectivity index is 1.57. The van der Waals surface area contributed by atoms with Crippen molar-refractivity contribution < 1.29 is 45.9 Å². The van der Waals surface area contributed by atoms with Gasteiger partial charge in [-0.3, -0.25) is 4.79 Å². The fourth-order valence-electron chi connectivity index (χ4n) is 3.95. The smallest absolute Gasteiger partial charge is 0.416 e. The van der Waals surface area contributed by atoms with Crippen LogP contribution in [0.4, 0.5) is 39.3 Å². The molecule has 4 aromatic rings. The highest BCUT2D eigenvalue weighted by molar-refractivity contribution is 7.91. The molecule has 1 heterocycles. The maximum Gasteiger partial charge on any atom is 0.416 e. The second-order valence-corrected chi connectivity index (χ2v) is 11.9. The largest absolute Gasteiger partial charge is 0.474 e. The minimum absolute atomic E-state index is 0.0110. The number of halogens is 5. The molecule has 45 heavy (non-hydrogen) atoms. The summed E-state index contributed by atoms with van der Waals surface area (Å²) in [7, 11) is -3.01. The van der Waals surface area contributed by atoms with Crippen molar-refractivity contribution in [3.8, 4) is 17.0 Å². The average molecular weight is 652 g/mol. The Labute approximate surface area is 253 Å². The van der Waals surface area contributed by atoms with Gasteiger partial charge >= 0.3 is 6.18 Å². The molecule has 10 nitrogen and oxygen atoms in total. The lowest BCUT2D eigenvalue weighted by molar-refractivity contribution is -0.137. The third-order valence-corrected chi connectivity index (χ3v) is 7.35. The zero-order chi connectivity index (χ0) is 32.9. The van der Waals surface area contributed by atoms with Crippen LogP contribution >= 0.6 is 0 Å². The summed E-state index contributed by atoms with van der Waals surface area (Å²) in [6.45, 7) is -1.01. The fraction of sp³-hybridized carbons (Fsp3) is 0.207. The van der Waals surface area contributed by atoms with Gasteiger partial charge in [0.15, 0.2) is 0 Å². The highest BCUT2D eigenvalue weighted by Gasteiger charge is 2.31. The number of amides is 1. The molecule has 0 aliphatic carbocycles. The van der Waals surface area contributed by atoms with Gasteiger partial charge < -0.3 is 25.6 Å². The molecule has 16 heteroatoms. The van der Waals surface area contributed by atoms with E-state index in [-0.39, 0.29) is 33.5 Å². The normalized spacial score (nSPS) is 13.5. The molecule has 238 valence electrons. The number of carbonyl (C=O) groups excluding carboxylic acids is 1. The van der Waals surface area contributed by atoms with Crippen LogP contribution in [0.5, 0.6) is 5.88 Å². The number of hydrogen-bond donors (Lipinski definition) is 5. The van der Waals surface area contributed by atoms with Gasteiger partial charge in [-0.15, -0.1) is 0 Å². The van der Waals surface area contributed by atoms with Crippen molar-refractivity contribution in [1.29, 1.82) is 4.78 Å². The number of aliphatic hydroxyl groups excluding tert-OH is 2. The lowest BCUT2D eigenvalue weighted by Gasteiger charge is -2.15. The van der Waals surface area contributed by atoms with Crippen LogP contribution in [0, 0.1) is 16.4 Å². The molecule has 0 saturated heterocycles. The number of aromatic nitrogens is 2. The van der Waals surface area contributed by atoms with Crippen molar-refractivity contribution in [3.63, 3.8) is 0 Å². The standard InChI is InChI=1S/C29H26F5N5O5S/c1-45(35,43)21-4-2-3-19(12-21)37-28-36-13-22(27(39-28)44-15-20(41)14-40)16-5-8-25(24(31)10-16)38-26(42)11-17-9-18(29(32,33)34)6-7-23(17)30/h2-10,12-13,20,35,40-41H,11,14-15H2,1H3,(H,38,42)(H,36,37,39). The van der Waals surface area contributed by atoms with Crippen LogP contribution in [-0.4, -0.2) is 55.9 Å². The zero-order valence-corrected chi connectivity index (χ0v) is 24.2. The van der Waals surface area contributed by atoms with E-state index in [1.807, 2.05) is 0 Å². The van der Waals surface area contributed by atoms with Crippen molar-refractivity contribution in [1.82, 2.24) is 9.97 Å². The van der Waals surface area contributed by atoms with Gasteiger partial charge in [-0.25, -0.2) is 22.8 Å². The zero-order valence-electron chi connectivity index (χ0n) is 23.4. The molecule has 0 spiro atoms. The highest BCUT2D eigenvalue weighted by atomic mass is 32.2. The van der Waals surface area contributed by atoms with Crippen LogP contribution in [0.2, 0.25) is 0 Å². The first-order valence-electron chi connectivity index (χ1n) is 13.0. The van der Waals surface area contributed by atoms with Gasteiger partial charge in [0.25, 0.3) is 0 Å². The summed E-state index contributed by atoms with van der Waals surface area (Å²) in [6, 6.07) is 11.4. The molecule has 1 aromatic heterocycles. The minimum Gasteiger partial charge on any atom is -0.474 e. The van der Waals surface area contributed by atoms with Crippen molar-refractivity contribution >= 4 is 33.0 Å². The van der Waals surface area contributed by atoms with Gasteiger partial charge in [-0.05, 0) is 59.7 Å². The summed E-state index contributed by atoms with van der Waals surface area (Å²) in [5.41, 5.74) is -1.29. The highest BCUT2D eigenvalue weighted by Crippen LogP contribution is 2.33. The van der Waals surface area contributed by atoms with Crippen LogP contribution in [-0.2, 0) is 27.1 Å². The predicted octanol–water partition coefficient (Wildman–Crippen LogP) is 5.13. The van der Waals surface area contributed by atoms with E-state index in [0.29, 0.717) is 23.9 Å². The number of anilines is 3. The molecule has 0 bridgehead atoms. The predicted molar refractivity (Wildman–Crippen MR) is 155 cm³/mol. The number of nitrogens with zero attached hydrogens (tertiary/aromatic N) is 2. The number of carbonyl (C=O) groups is 1. The van der Waals surface area contributed by atoms with E-state index in [9.17, 15) is 31.7 Å². The van der Waals surface area contributed by atoms with E-state index < -0.39 is 70.3 Å². The van der Waals surface area contributed by atoms with Gasteiger partial charge in [0.2, 0.25) is 17.7 Å². The Morgan fingerprint density at radius 1 is 1.09 bits per heavy atom. The van der Waals surface area contributed by atoms with E-state index in [2.05, 4.69) is 20.6 Å². The van der Waals surface area contributed by atoms with Gasteiger partial charge in [0, 0.05) is 23.0 Å². The number of ether oxygens (including phenoxy) is 1. The van der Waals surface area contributed by atoms with Gasteiger partial charge in [0.05, 0.1) is 39.6 Å². The first-order valence-corrected chi connectivity index (χ1v) is 15.0. The Morgan fingerprint density at radius 3 is 2.51 bits per heavy atom. The Morgan fingerprint density at radius 2 is 1.84 bits per heavy atom. The lowest BCUT2D eigenvalue weighted by atomic mass is 10.1. The molecular formula is C29H26F5N5O5S. The maximum atomic E-state index is 15.1. The second kappa shape index (κ2) is 13.5. The Hall–Kier alpha value is -4.67. The molecule has 2 atom stereocenters. The third kappa shape index (κ3) is 8.71. The Bertz CT molecular complexity index is 1820. The summed E-state index contributed by atoms with van der Waals surface area (Å²) >= 11 is 0. The topological polar surface area (TPSA) is 158 Å². The van der Waals surface area contributed by atoms with Crippen LogP contribution < -0.4 is 15.4 Å². The van der Waals surface area contributed by atoms with Gasteiger partial charge in [-0.2, -0.15) is 18.2 Å². The van der Waals surface area contributed by atoms with Crippen LogP contribution in [0.15, 0.2) is 71.8 Å². The number of alkyl halides is 3. The summed E-state index contributed by atoms with van der Waals surface area (Å²) in [4.78, 5) is 21.2. The van der Waals surface area contributed by atoms with Crippen LogP contribution in [0.25, 0.3) is 11.1 Å². The molecule has 0 aliphatic rings. The lowest BCUT2D eigenvalue weighted by Crippen LogP contribution is -2.22. The number of benzene rings is 3. The van der Waals surface area contributed by atoms with Crippen molar-refractivity contribution in [2.45, 2.75) is 23.6 Å². The second-order valence-electron chi connectivity index (χ2n) is 9.78. The summed E-state index contributed by atoms with van der Waals surface area (Å²) in [5, 5.41) is 24.0. The molecule has 0 aliphatic heterocycles. The molecular weight excluding hydrogens is 625 g/mol. The van der Waals surface area contributed by atoms with Crippen molar-refractivity contribution in [3.05, 3.63) is 89.6 Å². The molecule has 0 radical (unpaired) electrons. The van der Waals surface area contributed by atoms with E-state index in [1.165, 1.54) is 30.7 Å². The summed E-state index contributed by atoms with van der Waals surface area (Å²) < 4.78 is 93.6. The first-order chi connectivity index (χ1) is 21.1. The number of rotatable bonds is 11. The fourth-order valence-corrected chi connectivity index (χ4v) is 4.64. The number of aliphatic hydroxyl groups is 2. The van der Waals surface area contributed by atoms with Gasteiger partial charge in [-0.1, -0.05) is 12.1 Å². The number of nitrogens with one attached hydrogen (secondary N) is 3. The van der Waals surface area contributed by atoms with Crippen molar-refractivity contribution in [2.24, 2.45) is 0 Å². The Kier molecular flexibility index (Phi) is 10.00. The molecule has 0 saturated carbocycles. The summed E-state index contributed by atoms with van der Waals surface area (Å²) in [6.07, 6.45) is -4.26. The van der Waals surface area contributed by atoms with Crippen molar-refractivity contribution in [2.75, 3.05) is 30.1 Å². The molecule has 5 N–H and O–H groups in total. The van der Waals surface area contributed by atoms with E-state index >= 15 is 4.39 Å². The maximum absolute atomic E-state index is 15.1. The minimum atomic E-state index is -4.74. The molecule has 0 fully saturated rings. The van der Waals surface area contributed by atoms with E-state index in [0.717, 1.165) is 12.1 Å². The summed E-state index contributed by atoms with van der Waals surface area (Å²) in [5.74, 6) is -3.09. The SMILES string of the molecule is CS(=N)(=O)c1cccc(Nc2ncc(-c3ccc(NC(=O)Cc4cc(C(F)(F)F)ccc4F)c(F)c3)c(OCC(O)CO)n2)c1. The van der Waals surface area contributed by atoms with E-state index in [1.54, 1.807) is 12.1 Å². The van der Waals surface area contributed by atoms with Gasteiger partial charge in [0.1, 0.15) is 24.3 Å². The molecule has 1 amide bonds.